The van der Waals surface area contributed by atoms with Crippen LogP contribution in [0.1, 0.15) is 12.5 Å². The van der Waals surface area contributed by atoms with Gasteiger partial charge in [-0.05, 0) is 25.1 Å². The predicted octanol–water partition coefficient (Wildman–Crippen LogP) is 2.99. The van der Waals surface area contributed by atoms with Crippen molar-refractivity contribution >= 4 is 37.8 Å². The number of rotatable bonds is 3. The molecule has 0 aliphatic rings. The van der Waals surface area contributed by atoms with Gasteiger partial charge >= 0.3 is 0 Å². The average Bonchev–Trinajstić information content (AvgIpc) is 2.18. The third-order valence-electron chi connectivity index (χ3n) is 1.82. The summed E-state index contributed by atoms with van der Waals surface area (Å²) >= 11 is 6.37. The minimum absolute atomic E-state index is 0.158. The van der Waals surface area contributed by atoms with Crippen LogP contribution in [0.5, 0.6) is 0 Å². The summed E-state index contributed by atoms with van der Waals surface area (Å²) in [6, 6.07) is 4.63. The molecule has 0 heterocycles. The van der Waals surface area contributed by atoms with Gasteiger partial charge in [-0.15, -0.1) is 0 Å². The summed E-state index contributed by atoms with van der Waals surface area (Å²) in [6.07, 6.45) is 0. The summed E-state index contributed by atoms with van der Waals surface area (Å²) in [5, 5.41) is 2.62. The van der Waals surface area contributed by atoms with E-state index in [0.29, 0.717) is 5.56 Å². The van der Waals surface area contributed by atoms with Gasteiger partial charge in [0.2, 0.25) is 5.91 Å². The number of benzene rings is 1. The van der Waals surface area contributed by atoms with Gasteiger partial charge in [-0.2, -0.15) is 0 Å². The molecule has 0 radical (unpaired) electrons. The van der Waals surface area contributed by atoms with Crippen molar-refractivity contribution in [1.82, 2.24) is 5.32 Å². The molecule has 82 valence electrons. The zero-order valence-corrected chi connectivity index (χ0v) is 11.2. The first-order valence-corrected chi connectivity index (χ1v) is 6.07. The van der Waals surface area contributed by atoms with Crippen molar-refractivity contribution in [3.05, 3.63) is 34.1 Å². The molecule has 2 nitrogen and oxygen atoms in total. The van der Waals surface area contributed by atoms with E-state index in [-0.39, 0.29) is 23.1 Å². The second-order valence-electron chi connectivity index (χ2n) is 3.07. The molecule has 0 fully saturated rings. The van der Waals surface area contributed by atoms with Crippen molar-refractivity contribution in [1.29, 1.82) is 0 Å². The van der Waals surface area contributed by atoms with Crippen LogP contribution in [0.15, 0.2) is 22.7 Å². The number of halogens is 3. The van der Waals surface area contributed by atoms with E-state index in [1.54, 1.807) is 19.1 Å². The molecule has 15 heavy (non-hydrogen) atoms. The number of alkyl halides is 1. The third-order valence-corrected chi connectivity index (χ3v) is 2.73. The van der Waals surface area contributed by atoms with Gasteiger partial charge in [-0.3, -0.25) is 4.79 Å². The maximum absolute atomic E-state index is 13.2. The van der Waals surface area contributed by atoms with Crippen LogP contribution in [0.4, 0.5) is 4.39 Å². The van der Waals surface area contributed by atoms with Crippen molar-refractivity contribution in [2.75, 3.05) is 0 Å². The number of hydrogen-bond acceptors (Lipinski definition) is 1. The van der Waals surface area contributed by atoms with E-state index in [9.17, 15) is 9.18 Å². The van der Waals surface area contributed by atoms with Gasteiger partial charge in [0, 0.05) is 16.6 Å². The molecule has 1 aromatic carbocycles. The first kappa shape index (κ1) is 12.6. The van der Waals surface area contributed by atoms with E-state index in [0.717, 1.165) is 4.47 Å². The van der Waals surface area contributed by atoms with Crippen LogP contribution in [-0.2, 0) is 11.3 Å². The minimum Gasteiger partial charge on any atom is -0.351 e. The lowest BCUT2D eigenvalue weighted by Gasteiger charge is -2.07. The molecular weight excluding hydrogens is 329 g/mol. The van der Waals surface area contributed by atoms with Gasteiger partial charge in [-0.25, -0.2) is 4.39 Å². The maximum Gasteiger partial charge on any atom is 0.233 e. The summed E-state index contributed by atoms with van der Waals surface area (Å²) < 4.78 is 14.0. The Morgan fingerprint density at radius 2 is 2.27 bits per heavy atom. The first-order valence-electron chi connectivity index (χ1n) is 4.36. The van der Waals surface area contributed by atoms with Crippen LogP contribution < -0.4 is 5.32 Å². The largest absolute Gasteiger partial charge is 0.351 e. The molecule has 1 aromatic rings. The average molecular weight is 339 g/mol. The monoisotopic (exact) mass is 337 g/mol. The van der Waals surface area contributed by atoms with E-state index < -0.39 is 0 Å². The molecule has 1 unspecified atom stereocenters. The van der Waals surface area contributed by atoms with Gasteiger partial charge in [0.1, 0.15) is 5.82 Å². The topological polar surface area (TPSA) is 29.1 Å². The Morgan fingerprint density at radius 1 is 1.60 bits per heavy atom. The fourth-order valence-corrected chi connectivity index (χ4v) is 1.57. The zero-order chi connectivity index (χ0) is 11.4. The second-order valence-corrected chi connectivity index (χ2v) is 5.36. The van der Waals surface area contributed by atoms with Crippen molar-refractivity contribution < 1.29 is 9.18 Å². The zero-order valence-electron chi connectivity index (χ0n) is 8.06. The van der Waals surface area contributed by atoms with E-state index in [1.807, 2.05) is 0 Å². The molecule has 1 atom stereocenters. The molecule has 0 aromatic heterocycles. The highest BCUT2D eigenvalue weighted by Crippen LogP contribution is 2.15. The Balaban J connectivity index is 2.65. The predicted molar refractivity (Wildman–Crippen MR) is 64.3 cm³/mol. The summed E-state index contributed by atoms with van der Waals surface area (Å²) in [4.78, 5) is 10.9. The second kappa shape index (κ2) is 5.61. The van der Waals surface area contributed by atoms with Crippen molar-refractivity contribution in [2.24, 2.45) is 0 Å². The van der Waals surface area contributed by atoms with E-state index >= 15 is 0 Å². The highest BCUT2D eigenvalue weighted by atomic mass is 79.9. The standard InChI is InChI=1S/C10H10Br2FNO/c1-6(11)10(15)14-5-7-4-8(12)2-3-9(7)13/h2-4,6H,5H2,1H3,(H,14,15). The number of amides is 1. The van der Waals surface area contributed by atoms with Crippen LogP contribution in [0, 0.1) is 5.82 Å². The fourth-order valence-electron chi connectivity index (χ4n) is 1.00. The van der Waals surface area contributed by atoms with E-state index in [2.05, 4.69) is 37.2 Å². The SMILES string of the molecule is CC(Br)C(=O)NCc1cc(Br)ccc1F. The van der Waals surface area contributed by atoms with Gasteiger partial charge in [0.15, 0.2) is 0 Å². The molecule has 0 bridgehead atoms. The molecule has 0 saturated heterocycles. The Bertz CT molecular complexity index is 368. The quantitative estimate of drug-likeness (QED) is 0.843. The first-order chi connectivity index (χ1) is 7.00. The van der Waals surface area contributed by atoms with Gasteiger partial charge in [0.25, 0.3) is 0 Å². The van der Waals surface area contributed by atoms with Gasteiger partial charge in [0.05, 0.1) is 4.83 Å². The smallest absolute Gasteiger partial charge is 0.233 e. The van der Waals surface area contributed by atoms with Gasteiger partial charge in [-0.1, -0.05) is 31.9 Å². The molecule has 0 saturated carbocycles. The Kier molecular flexibility index (Phi) is 4.73. The lowest BCUT2D eigenvalue weighted by molar-refractivity contribution is -0.120. The van der Waals surface area contributed by atoms with Crippen LogP contribution in [-0.4, -0.2) is 10.7 Å². The summed E-state index contributed by atoms with van der Waals surface area (Å²) in [5.41, 5.74) is 0.464. The summed E-state index contributed by atoms with van der Waals surface area (Å²) in [7, 11) is 0. The Hall–Kier alpha value is -0.420. The molecule has 0 aliphatic heterocycles. The summed E-state index contributed by atoms with van der Waals surface area (Å²) in [6.45, 7) is 1.91. The van der Waals surface area contributed by atoms with Gasteiger partial charge < -0.3 is 5.32 Å². The third kappa shape index (κ3) is 3.91. The molecule has 1 rings (SSSR count). The number of carbonyl (C=O) groups excluding carboxylic acids is 1. The lowest BCUT2D eigenvalue weighted by atomic mass is 10.2. The van der Waals surface area contributed by atoms with Crippen LogP contribution in [0.3, 0.4) is 0 Å². The highest BCUT2D eigenvalue weighted by molar-refractivity contribution is 9.10. The molecule has 1 amide bonds. The highest BCUT2D eigenvalue weighted by Gasteiger charge is 2.09. The Morgan fingerprint density at radius 3 is 2.87 bits per heavy atom. The summed E-state index contributed by atoms with van der Waals surface area (Å²) in [5.74, 6) is -0.477. The molecule has 0 spiro atoms. The molecule has 5 heteroatoms. The van der Waals surface area contributed by atoms with Crippen LogP contribution >= 0.6 is 31.9 Å². The minimum atomic E-state index is -0.319. The van der Waals surface area contributed by atoms with Crippen molar-refractivity contribution in [3.63, 3.8) is 0 Å². The number of nitrogens with one attached hydrogen (secondary N) is 1. The molecular formula is C10H10Br2FNO. The fraction of sp³-hybridized carbons (Fsp3) is 0.300. The molecule has 0 aliphatic carbocycles. The lowest BCUT2D eigenvalue weighted by Crippen LogP contribution is -2.29. The van der Waals surface area contributed by atoms with Crippen molar-refractivity contribution in [3.8, 4) is 0 Å². The van der Waals surface area contributed by atoms with E-state index in [4.69, 9.17) is 0 Å². The van der Waals surface area contributed by atoms with Crippen molar-refractivity contribution in [2.45, 2.75) is 18.3 Å². The van der Waals surface area contributed by atoms with Crippen LogP contribution in [0.25, 0.3) is 0 Å². The molecule has 1 N–H and O–H groups in total. The number of hydrogen-bond donors (Lipinski definition) is 1. The van der Waals surface area contributed by atoms with Crippen LogP contribution in [0.2, 0.25) is 0 Å². The van der Waals surface area contributed by atoms with E-state index in [1.165, 1.54) is 6.07 Å². The normalized spacial score (nSPS) is 12.3. The maximum atomic E-state index is 13.2. The number of carbonyl (C=O) groups is 1. The Labute approximate surface area is 105 Å².